The number of anilines is 1. The number of aromatic nitrogens is 4. The van der Waals surface area contributed by atoms with Crippen LogP contribution in [0.25, 0.3) is 5.82 Å². The van der Waals surface area contributed by atoms with Crippen molar-refractivity contribution in [3.05, 3.63) is 30.6 Å². The van der Waals surface area contributed by atoms with Crippen LogP contribution in [-0.2, 0) is 4.79 Å². The monoisotopic (exact) mass is 312 g/mol. The molecule has 2 aromatic rings. The molecule has 0 saturated carbocycles. The van der Waals surface area contributed by atoms with Crippen molar-refractivity contribution in [1.82, 2.24) is 24.8 Å². The maximum absolute atomic E-state index is 11.4. The fourth-order valence-electron chi connectivity index (χ4n) is 3.58. The number of hydrogen-bond acceptors (Lipinski definition) is 5. The fraction of sp³-hybridized carbons (Fsp3) is 0.500. The van der Waals surface area contributed by atoms with Crippen LogP contribution in [0.3, 0.4) is 0 Å². The summed E-state index contributed by atoms with van der Waals surface area (Å²) >= 11 is 0. The second kappa shape index (κ2) is 5.64. The lowest BCUT2D eigenvalue weighted by molar-refractivity contribution is -0.119. The molecule has 0 bridgehead atoms. The molecule has 0 aliphatic carbocycles. The molecule has 120 valence electrons. The molecular weight excluding hydrogens is 292 g/mol. The third-order valence-electron chi connectivity index (χ3n) is 4.91. The summed E-state index contributed by atoms with van der Waals surface area (Å²) in [6.45, 7) is 4.68. The molecule has 7 nitrogen and oxygen atoms in total. The van der Waals surface area contributed by atoms with Crippen LogP contribution in [0.5, 0.6) is 0 Å². The molecule has 23 heavy (non-hydrogen) atoms. The minimum absolute atomic E-state index is 0.186. The summed E-state index contributed by atoms with van der Waals surface area (Å²) in [4.78, 5) is 27.0. The van der Waals surface area contributed by atoms with Crippen molar-refractivity contribution in [3.63, 3.8) is 0 Å². The predicted octanol–water partition coefficient (Wildman–Crippen LogP) is 0.933. The van der Waals surface area contributed by atoms with Gasteiger partial charge in [-0.1, -0.05) is 0 Å². The van der Waals surface area contributed by atoms with E-state index in [-0.39, 0.29) is 5.91 Å². The van der Waals surface area contributed by atoms with Gasteiger partial charge in [0.1, 0.15) is 11.6 Å². The second-order valence-electron chi connectivity index (χ2n) is 6.34. The number of carbonyl (C=O) groups excluding carboxylic acids is 1. The number of rotatable bonds is 3. The van der Waals surface area contributed by atoms with Crippen molar-refractivity contribution in [1.29, 1.82) is 0 Å². The quantitative estimate of drug-likeness (QED) is 0.912. The normalized spacial score (nSPS) is 24.2. The Morgan fingerprint density at radius 2 is 2.13 bits per heavy atom. The van der Waals surface area contributed by atoms with E-state index in [1.807, 2.05) is 23.9 Å². The SMILES string of the molecule is Cc1nccn1-c1cncc(N2CCC(C3CNC(=O)C3)C2)n1. The third kappa shape index (κ3) is 2.67. The number of imidazole rings is 1. The van der Waals surface area contributed by atoms with Crippen molar-refractivity contribution in [3.8, 4) is 5.82 Å². The highest BCUT2D eigenvalue weighted by atomic mass is 16.1. The molecule has 2 aliphatic rings. The van der Waals surface area contributed by atoms with Crippen LogP contribution in [0.15, 0.2) is 24.8 Å². The second-order valence-corrected chi connectivity index (χ2v) is 6.34. The highest BCUT2D eigenvalue weighted by Crippen LogP contribution is 2.30. The Hall–Kier alpha value is -2.44. The first-order chi connectivity index (χ1) is 11.2. The van der Waals surface area contributed by atoms with Gasteiger partial charge in [-0.05, 0) is 25.2 Å². The van der Waals surface area contributed by atoms with Crippen molar-refractivity contribution >= 4 is 11.7 Å². The molecule has 7 heteroatoms. The van der Waals surface area contributed by atoms with E-state index in [1.54, 1.807) is 12.4 Å². The van der Waals surface area contributed by atoms with Gasteiger partial charge < -0.3 is 10.2 Å². The Balaban J connectivity index is 1.51. The van der Waals surface area contributed by atoms with Gasteiger partial charge >= 0.3 is 0 Å². The van der Waals surface area contributed by atoms with Crippen LogP contribution in [0.4, 0.5) is 5.82 Å². The van der Waals surface area contributed by atoms with Crippen molar-refractivity contribution < 1.29 is 4.79 Å². The topological polar surface area (TPSA) is 75.9 Å². The van der Waals surface area contributed by atoms with Gasteiger partial charge in [0.25, 0.3) is 0 Å². The lowest BCUT2D eigenvalue weighted by Gasteiger charge is -2.20. The Morgan fingerprint density at radius 1 is 1.26 bits per heavy atom. The molecule has 4 rings (SSSR count). The first-order valence-corrected chi connectivity index (χ1v) is 8.05. The van der Waals surface area contributed by atoms with E-state index in [4.69, 9.17) is 4.98 Å². The standard InChI is InChI=1S/C16H20N6O/c1-11-18-3-5-22(11)15-9-17-8-14(20-15)21-4-2-12(10-21)13-6-16(23)19-7-13/h3,5,8-9,12-13H,2,4,6-7,10H2,1H3,(H,19,23). The number of hydrogen-bond donors (Lipinski definition) is 1. The average molecular weight is 312 g/mol. The summed E-state index contributed by atoms with van der Waals surface area (Å²) in [5.74, 6) is 3.78. The summed E-state index contributed by atoms with van der Waals surface area (Å²) in [7, 11) is 0. The first-order valence-electron chi connectivity index (χ1n) is 8.05. The molecular formula is C16H20N6O. The molecule has 2 fully saturated rings. The summed E-state index contributed by atoms with van der Waals surface area (Å²) in [6, 6.07) is 0. The van der Waals surface area contributed by atoms with E-state index in [0.29, 0.717) is 18.3 Å². The highest BCUT2D eigenvalue weighted by Gasteiger charge is 2.34. The van der Waals surface area contributed by atoms with Gasteiger partial charge in [0, 0.05) is 38.4 Å². The van der Waals surface area contributed by atoms with E-state index in [0.717, 1.165) is 43.5 Å². The zero-order chi connectivity index (χ0) is 15.8. The summed E-state index contributed by atoms with van der Waals surface area (Å²) in [6.07, 6.45) is 9.00. The fourth-order valence-corrected chi connectivity index (χ4v) is 3.58. The van der Waals surface area contributed by atoms with Crippen LogP contribution >= 0.6 is 0 Å². The van der Waals surface area contributed by atoms with Crippen molar-refractivity contribution in [2.75, 3.05) is 24.5 Å². The van der Waals surface area contributed by atoms with Gasteiger partial charge in [0.05, 0.1) is 12.4 Å². The van der Waals surface area contributed by atoms with Gasteiger partial charge in [-0.15, -0.1) is 0 Å². The number of carbonyl (C=O) groups is 1. The predicted molar refractivity (Wildman–Crippen MR) is 85.3 cm³/mol. The van der Waals surface area contributed by atoms with Crippen LogP contribution in [0, 0.1) is 18.8 Å². The minimum atomic E-state index is 0.186. The lowest BCUT2D eigenvalue weighted by Crippen LogP contribution is -2.25. The Morgan fingerprint density at radius 3 is 2.87 bits per heavy atom. The Kier molecular flexibility index (Phi) is 3.48. The van der Waals surface area contributed by atoms with Crippen molar-refractivity contribution in [2.24, 2.45) is 11.8 Å². The smallest absolute Gasteiger partial charge is 0.220 e. The van der Waals surface area contributed by atoms with E-state index in [2.05, 4.69) is 20.2 Å². The molecule has 0 radical (unpaired) electrons. The maximum atomic E-state index is 11.4. The highest BCUT2D eigenvalue weighted by molar-refractivity contribution is 5.78. The van der Waals surface area contributed by atoms with Crippen LogP contribution in [0.1, 0.15) is 18.7 Å². The molecule has 2 saturated heterocycles. The molecule has 2 atom stereocenters. The molecule has 2 aliphatic heterocycles. The molecule has 0 aromatic carbocycles. The number of aryl methyl sites for hydroxylation is 1. The van der Waals surface area contributed by atoms with Gasteiger partial charge in [-0.25, -0.2) is 9.97 Å². The molecule has 2 aromatic heterocycles. The van der Waals surface area contributed by atoms with Crippen LogP contribution in [-0.4, -0.2) is 45.1 Å². The maximum Gasteiger partial charge on any atom is 0.220 e. The van der Waals surface area contributed by atoms with Gasteiger partial charge in [-0.2, -0.15) is 0 Å². The van der Waals surface area contributed by atoms with Crippen LogP contribution < -0.4 is 10.2 Å². The zero-order valence-corrected chi connectivity index (χ0v) is 13.1. The summed E-state index contributed by atoms with van der Waals surface area (Å²) in [5, 5.41) is 2.94. The van der Waals surface area contributed by atoms with Crippen molar-refractivity contribution in [2.45, 2.75) is 19.8 Å². The molecule has 4 heterocycles. The average Bonchev–Trinajstić information content (AvgIpc) is 3.27. The first kappa shape index (κ1) is 14.2. The Labute approximate surface area is 134 Å². The van der Waals surface area contributed by atoms with Gasteiger partial charge in [-0.3, -0.25) is 14.3 Å². The van der Waals surface area contributed by atoms with Crippen LogP contribution in [0.2, 0.25) is 0 Å². The van der Waals surface area contributed by atoms with E-state index in [1.165, 1.54) is 0 Å². The Bertz CT molecular complexity index is 727. The molecule has 0 spiro atoms. The van der Waals surface area contributed by atoms with E-state index < -0.39 is 0 Å². The van der Waals surface area contributed by atoms with Gasteiger partial charge in [0.2, 0.25) is 5.91 Å². The summed E-state index contributed by atoms with van der Waals surface area (Å²) in [5.41, 5.74) is 0. The molecule has 1 N–H and O–H groups in total. The third-order valence-corrected chi connectivity index (χ3v) is 4.91. The largest absolute Gasteiger partial charge is 0.356 e. The minimum Gasteiger partial charge on any atom is -0.356 e. The lowest BCUT2D eigenvalue weighted by atomic mass is 9.91. The molecule has 2 unspecified atom stereocenters. The van der Waals surface area contributed by atoms with E-state index in [9.17, 15) is 4.79 Å². The van der Waals surface area contributed by atoms with E-state index >= 15 is 0 Å². The summed E-state index contributed by atoms with van der Waals surface area (Å²) < 4.78 is 1.93. The molecule has 1 amide bonds. The number of amides is 1. The number of nitrogens with one attached hydrogen (secondary N) is 1. The number of nitrogens with zero attached hydrogens (tertiary/aromatic N) is 5. The van der Waals surface area contributed by atoms with Gasteiger partial charge in [0.15, 0.2) is 5.82 Å². The zero-order valence-electron chi connectivity index (χ0n) is 13.1.